The molecule has 0 saturated carbocycles. The van der Waals surface area contributed by atoms with Gasteiger partial charge in [-0.05, 0) is 83.8 Å². The second kappa shape index (κ2) is 13.2. The average Bonchev–Trinajstić information content (AvgIpc) is 3.79. The minimum Gasteiger partial charge on any atom is -0.333 e. The van der Waals surface area contributed by atoms with Gasteiger partial charge in [0.05, 0.1) is 17.1 Å². The summed E-state index contributed by atoms with van der Waals surface area (Å²) >= 11 is 0. The Balaban J connectivity index is 0.995. The molecule has 1 atom stereocenters. The third-order valence-corrected chi connectivity index (χ3v) is 11.1. The summed E-state index contributed by atoms with van der Waals surface area (Å²) in [6, 6.07) is 64.3. The minimum absolute atomic E-state index is 0.268. The normalized spacial score (nSPS) is 14.7. The average molecular weight is 718 g/mol. The van der Waals surface area contributed by atoms with Crippen molar-refractivity contribution in [1.29, 1.82) is 0 Å². The third kappa shape index (κ3) is 5.36. The van der Waals surface area contributed by atoms with Crippen molar-refractivity contribution in [1.82, 2.24) is 19.5 Å². The fourth-order valence-corrected chi connectivity index (χ4v) is 8.52. The predicted molar refractivity (Wildman–Crippen MR) is 230 cm³/mol. The van der Waals surface area contributed by atoms with Gasteiger partial charge in [-0.3, -0.25) is 0 Å². The minimum atomic E-state index is 0.268. The first-order chi connectivity index (χ1) is 27.8. The van der Waals surface area contributed by atoms with Crippen LogP contribution in [0.1, 0.15) is 17.5 Å². The summed E-state index contributed by atoms with van der Waals surface area (Å²) in [4.78, 5) is 17.3. The lowest BCUT2D eigenvalue weighted by molar-refractivity contribution is 0.831. The Bertz CT molecular complexity index is 2920. The number of benzene rings is 7. The molecule has 1 unspecified atom stereocenters. The van der Waals surface area contributed by atoms with Crippen molar-refractivity contribution >= 4 is 44.3 Å². The summed E-state index contributed by atoms with van der Waals surface area (Å²) in [5.41, 5.74) is 13.9. The summed E-state index contributed by atoms with van der Waals surface area (Å²) in [7, 11) is 0. The topological polar surface area (TPSA) is 46.8 Å². The molecule has 9 aromatic rings. The monoisotopic (exact) mass is 717 g/mol. The van der Waals surface area contributed by atoms with Gasteiger partial charge in [0.2, 0.25) is 0 Å². The van der Waals surface area contributed by atoms with Gasteiger partial charge in [0.15, 0.2) is 17.5 Å². The highest BCUT2D eigenvalue weighted by atomic mass is 15.2. The van der Waals surface area contributed by atoms with Crippen molar-refractivity contribution < 1.29 is 0 Å². The molecule has 2 aromatic heterocycles. The Hall–Kier alpha value is -7.37. The van der Waals surface area contributed by atoms with Gasteiger partial charge in [-0.25, -0.2) is 15.0 Å². The largest absolute Gasteiger partial charge is 0.333 e. The van der Waals surface area contributed by atoms with E-state index in [1.54, 1.807) is 0 Å². The molecule has 0 saturated heterocycles. The number of hydrogen-bond acceptors (Lipinski definition) is 4. The molecule has 264 valence electrons. The number of aromatic nitrogens is 4. The second-order valence-corrected chi connectivity index (χ2v) is 14.4. The van der Waals surface area contributed by atoms with Crippen LogP contribution in [0.15, 0.2) is 194 Å². The molecule has 5 nitrogen and oxygen atoms in total. The van der Waals surface area contributed by atoms with Gasteiger partial charge in [0.1, 0.15) is 0 Å². The standard InChI is InChI=1S/C51H35N5/c1-4-14-34(15-5-1)49-52-50(35-16-6-2-7-17-35)54-51(53-49)36-24-28-40(29-25-36)56-45-22-12-10-20-41(45)43-30-26-38(33-48(43)56)37-27-31-47-44(32-37)42-21-11-13-23-46(42)55(47)39-18-8-3-9-19-39/h1-30,32-33,47H,31H2. The lowest BCUT2D eigenvalue weighted by Gasteiger charge is -2.29. The van der Waals surface area contributed by atoms with E-state index in [1.165, 1.54) is 55.5 Å². The summed E-state index contributed by atoms with van der Waals surface area (Å²) in [5, 5.41) is 2.46. The summed E-state index contributed by atoms with van der Waals surface area (Å²) in [6.45, 7) is 0. The Morgan fingerprint density at radius 2 is 1.00 bits per heavy atom. The summed E-state index contributed by atoms with van der Waals surface area (Å²) in [5.74, 6) is 1.95. The first-order valence-electron chi connectivity index (χ1n) is 19.1. The number of para-hydroxylation sites is 3. The fourth-order valence-electron chi connectivity index (χ4n) is 8.52. The van der Waals surface area contributed by atoms with Crippen LogP contribution in [0, 0.1) is 0 Å². The van der Waals surface area contributed by atoms with E-state index >= 15 is 0 Å². The highest BCUT2D eigenvalue weighted by molar-refractivity contribution is 6.10. The molecule has 5 heteroatoms. The molecule has 3 heterocycles. The lowest BCUT2D eigenvalue weighted by Crippen LogP contribution is -2.27. The first kappa shape index (κ1) is 32.1. The highest BCUT2D eigenvalue weighted by Crippen LogP contribution is 2.49. The molecule has 0 fully saturated rings. The quantitative estimate of drug-likeness (QED) is 0.172. The van der Waals surface area contributed by atoms with Crippen LogP contribution in [0.2, 0.25) is 0 Å². The molecule has 7 aromatic carbocycles. The van der Waals surface area contributed by atoms with E-state index in [0.29, 0.717) is 17.5 Å². The molecular formula is C51H35N5. The molecule has 0 bridgehead atoms. The molecule has 11 rings (SSSR count). The predicted octanol–water partition coefficient (Wildman–Crippen LogP) is 12.4. The van der Waals surface area contributed by atoms with E-state index in [-0.39, 0.29) is 6.04 Å². The molecule has 1 aliphatic heterocycles. The van der Waals surface area contributed by atoms with Gasteiger partial charge in [0, 0.05) is 50.1 Å². The second-order valence-electron chi connectivity index (χ2n) is 14.4. The van der Waals surface area contributed by atoms with E-state index < -0.39 is 0 Å². The van der Waals surface area contributed by atoms with Crippen LogP contribution < -0.4 is 4.90 Å². The van der Waals surface area contributed by atoms with Crippen molar-refractivity contribution in [2.24, 2.45) is 0 Å². The zero-order valence-corrected chi connectivity index (χ0v) is 30.5. The van der Waals surface area contributed by atoms with Gasteiger partial charge in [-0.15, -0.1) is 0 Å². The zero-order valence-electron chi connectivity index (χ0n) is 30.5. The Morgan fingerprint density at radius 1 is 0.446 bits per heavy atom. The van der Waals surface area contributed by atoms with Crippen LogP contribution in [0.4, 0.5) is 11.4 Å². The van der Waals surface area contributed by atoms with E-state index in [2.05, 4.69) is 143 Å². The molecule has 1 aliphatic carbocycles. The number of rotatable bonds is 6. The van der Waals surface area contributed by atoms with E-state index in [1.807, 2.05) is 60.7 Å². The van der Waals surface area contributed by atoms with Crippen LogP contribution in [-0.4, -0.2) is 25.6 Å². The maximum Gasteiger partial charge on any atom is 0.164 e. The van der Waals surface area contributed by atoms with Gasteiger partial charge < -0.3 is 9.47 Å². The maximum atomic E-state index is 4.97. The van der Waals surface area contributed by atoms with Gasteiger partial charge >= 0.3 is 0 Å². The molecule has 0 radical (unpaired) electrons. The number of fused-ring (bicyclic) bond motifs is 6. The summed E-state index contributed by atoms with van der Waals surface area (Å²) in [6.07, 6.45) is 5.77. The van der Waals surface area contributed by atoms with Crippen molar-refractivity contribution in [2.75, 3.05) is 4.90 Å². The number of hydrogen-bond donors (Lipinski definition) is 0. The van der Waals surface area contributed by atoms with E-state index in [9.17, 15) is 0 Å². The number of anilines is 2. The van der Waals surface area contributed by atoms with Crippen LogP contribution in [0.3, 0.4) is 0 Å². The fraction of sp³-hybridized carbons (Fsp3) is 0.0392. The summed E-state index contributed by atoms with van der Waals surface area (Å²) < 4.78 is 2.39. The first-order valence-corrected chi connectivity index (χ1v) is 19.1. The van der Waals surface area contributed by atoms with Gasteiger partial charge in [-0.1, -0.05) is 133 Å². The van der Waals surface area contributed by atoms with Crippen LogP contribution in [0.25, 0.3) is 72.8 Å². The van der Waals surface area contributed by atoms with Crippen molar-refractivity contribution in [2.45, 2.75) is 12.5 Å². The Morgan fingerprint density at radius 3 is 1.70 bits per heavy atom. The van der Waals surface area contributed by atoms with E-state index in [4.69, 9.17) is 15.0 Å². The molecule has 0 N–H and O–H groups in total. The maximum absolute atomic E-state index is 4.97. The molecule has 2 aliphatic rings. The van der Waals surface area contributed by atoms with Crippen LogP contribution in [0.5, 0.6) is 0 Å². The Kier molecular flexibility index (Phi) is 7.56. The Labute approximate surface area is 325 Å². The molecule has 0 amide bonds. The van der Waals surface area contributed by atoms with Crippen LogP contribution >= 0.6 is 0 Å². The van der Waals surface area contributed by atoms with Crippen molar-refractivity contribution in [3.05, 3.63) is 205 Å². The number of nitrogens with zero attached hydrogens (tertiary/aromatic N) is 5. The third-order valence-electron chi connectivity index (χ3n) is 11.1. The smallest absolute Gasteiger partial charge is 0.164 e. The lowest BCUT2D eigenvalue weighted by atomic mass is 9.89. The SMILES string of the molecule is C1=C(c2ccc3c4ccccc4n(-c4ccc(-c5nc(-c6ccccc6)nc(-c6ccccc6)n5)cc4)c3c2)C=C2c3ccccc3N(c3ccccc3)C2C1. The zero-order chi connectivity index (χ0) is 37.0. The number of allylic oxidation sites excluding steroid dienone is 2. The molecule has 0 spiro atoms. The highest BCUT2D eigenvalue weighted by Gasteiger charge is 2.35. The molecule has 56 heavy (non-hydrogen) atoms. The molecular weight excluding hydrogens is 683 g/mol. The van der Waals surface area contributed by atoms with Crippen molar-refractivity contribution in [3.63, 3.8) is 0 Å². The van der Waals surface area contributed by atoms with E-state index in [0.717, 1.165) is 28.8 Å². The van der Waals surface area contributed by atoms with Crippen molar-refractivity contribution in [3.8, 4) is 39.9 Å². The van der Waals surface area contributed by atoms with Gasteiger partial charge in [0.25, 0.3) is 0 Å². The van der Waals surface area contributed by atoms with Gasteiger partial charge in [-0.2, -0.15) is 0 Å². The van der Waals surface area contributed by atoms with Crippen LogP contribution in [-0.2, 0) is 0 Å².